The molecule has 0 spiro atoms. The van der Waals surface area contributed by atoms with Crippen LogP contribution in [0.3, 0.4) is 0 Å². The van der Waals surface area contributed by atoms with E-state index in [1.165, 1.54) is 0 Å². The predicted molar refractivity (Wildman–Crippen MR) is 88.6 cm³/mol. The van der Waals surface area contributed by atoms with E-state index in [2.05, 4.69) is 24.3 Å². The topological polar surface area (TPSA) is 46.9 Å². The molecule has 1 aromatic heterocycles. The summed E-state index contributed by atoms with van der Waals surface area (Å²) in [5.74, 6) is 0.805. The summed E-state index contributed by atoms with van der Waals surface area (Å²) in [5, 5.41) is 7.79. The zero-order chi connectivity index (χ0) is 15.2. The van der Waals surface area contributed by atoms with E-state index >= 15 is 0 Å². The van der Waals surface area contributed by atoms with Crippen molar-refractivity contribution in [3.63, 3.8) is 0 Å². The molecule has 0 aliphatic carbocycles. The van der Waals surface area contributed by atoms with E-state index in [0.717, 1.165) is 17.0 Å². The van der Waals surface area contributed by atoms with Crippen LogP contribution < -0.4 is 5.32 Å². The smallest absolute Gasteiger partial charge is 0.271 e. The van der Waals surface area contributed by atoms with Crippen LogP contribution >= 0.6 is 11.8 Å². The van der Waals surface area contributed by atoms with Crippen molar-refractivity contribution in [2.75, 3.05) is 12.3 Å². The molecule has 5 heteroatoms. The van der Waals surface area contributed by atoms with E-state index in [0.29, 0.717) is 17.5 Å². The van der Waals surface area contributed by atoms with Gasteiger partial charge in [-0.1, -0.05) is 44.2 Å². The number of thioether (sulfide) groups is 1. The third-order valence-electron chi connectivity index (χ3n) is 3.02. The van der Waals surface area contributed by atoms with Gasteiger partial charge in [0, 0.05) is 19.3 Å². The number of rotatable bonds is 6. The first-order chi connectivity index (χ1) is 10.1. The highest BCUT2D eigenvalue weighted by Gasteiger charge is 2.13. The van der Waals surface area contributed by atoms with Crippen molar-refractivity contribution in [1.82, 2.24) is 15.1 Å². The van der Waals surface area contributed by atoms with Crippen LogP contribution in [0.1, 0.15) is 24.3 Å². The third kappa shape index (κ3) is 4.36. The van der Waals surface area contributed by atoms with Gasteiger partial charge in [-0.25, -0.2) is 0 Å². The van der Waals surface area contributed by atoms with Crippen LogP contribution in [0.2, 0.25) is 0 Å². The van der Waals surface area contributed by atoms with Gasteiger partial charge in [-0.05, 0) is 16.9 Å². The molecule has 1 N–H and O–H groups in total. The van der Waals surface area contributed by atoms with Gasteiger partial charge in [-0.2, -0.15) is 16.9 Å². The summed E-state index contributed by atoms with van der Waals surface area (Å²) in [7, 11) is 1.85. The Hall–Kier alpha value is -1.75. The SMILES string of the molecule is CC(C)SCCNC(=O)c1cc(-c2ccccc2)n(C)n1. The highest BCUT2D eigenvalue weighted by molar-refractivity contribution is 7.99. The molecule has 1 amide bonds. The summed E-state index contributed by atoms with van der Waals surface area (Å²) in [4.78, 5) is 12.1. The Morgan fingerprint density at radius 2 is 2.05 bits per heavy atom. The highest BCUT2D eigenvalue weighted by atomic mass is 32.2. The molecule has 1 aromatic carbocycles. The summed E-state index contributed by atoms with van der Waals surface area (Å²) < 4.78 is 1.74. The molecule has 0 aliphatic heterocycles. The summed E-state index contributed by atoms with van der Waals surface area (Å²) in [6.45, 7) is 4.97. The van der Waals surface area contributed by atoms with Gasteiger partial charge in [0.05, 0.1) is 5.69 Å². The molecule has 0 unspecified atom stereocenters. The Balaban J connectivity index is 2.00. The number of nitrogens with zero attached hydrogens (tertiary/aromatic N) is 2. The van der Waals surface area contributed by atoms with Crippen LogP contribution in [-0.2, 0) is 7.05 Å². The Morgan fingerprint density at radius 3 is 2.71 bits per heavy atom. The van der Waals surface area contributed by atoms with Crippen LogP contribution in [0.15, 0.2) is 36.4 Å². The second kappa shape index (κ2) is 7.31. The number of carbonyl (C=O) groups excluding carboxylic acids is 1. The largest absolute Gasteiger partial charge is 0.350 e. The van der Waals surface area contributed by atoms with Crippen molar-refractivity contribution in [2.24, 2.45) is 7.05 Å². The number of hydrogen-bond acceptors (Lipinski definition) is 3. The molecule has 1 heterocycles. The molecule has 0 radical (unpaired) electrons. The Labute approximate surface area is 129 Å². The monoisotopic (exact) mass is 303 g/mol. The minimum atomic E-state index is -0.114. The number of benzene rings is 1. The average molecular weight is 303 g/mol. The van der Waals surface area contributed by atoms with Gasteiger partial charge in [0.25, 0.3) is 5.91 Å². The van der Waals surface area contributed by atoms with Crippen molar-refractivity contribution in [2.45, 2.75) is 19.1 Å². The number of aryl methyl sites for hydroxylation is 1. The molecule has 2 rings (SSSR count). The lowest BCUT2D eigenvalue weighted by molar-refractivity contribution is 0.0950. The zero-order valence-electron chi connectivity index (χ0n) is 12.7. The Morgan fingerprint density at radius 1 is 1.33 bits per heavy atom. The third-order valence-corrected chi connectivity index (χ3v) is 4.13. The van der Waals surface area contributed by atoms with Crippen LogP contribution in [0, 0.1) is 0 Å². The summed E-state index contributed by atoms with van der Waals surface area (Å²) in [6.07, 6.45) is 0. The van der Waals surface area contributed by atoms with E-state index in [1.807, 2.05) is 55.2 Å². The van der Waals surface area contributed by atoms with Crippen molar-refractivity contribution >= 4 is 17.7 Å². The maximum absolute atomic E-state index is 12.1. The number of aromatic nitrogens is 2. The highest BCUT2D eigenvalue weighted by Crippen LogP contribution is 2.19. The van der Waals surface area contributed by atoms with Crippen LogP contribution in [-0.4, -0.2) is 33.2 Å². The van der Waals surface area contributed by atoms with Gasteiger partial charge in [0.1, 0.15) is 0 Å². The summed E-state index contributed by atoms with van der Waals surface area (Å²) in [6, 6.07) is 11.8. The normalized spacial score (nSPS) is 10.9. The molecular formula is C16H21N3OS. The van der Waals surface area contributed by atoms with E-state index in [1.54, 1.807) is 4.68 Å². The van der Waals surface area contributed by atoms with Crippen molar-refractivity contribution < 1.29 is 4.79 Å². The quantitative estimate of drug-likeness (QED) is 0.835. The molecule has 0 atom stereocenters. The molecule has 0 bridgehead atoms. The lowest BCUT2D eigenvalue weighted by Gasteiger charge is -2.05. The number of amides is 1. The minimum Gasteiger partial charge on any atom is -0.350 e. The lowest BCUT2D eigenvalue weighted by atomic mass is 10.1. The Kier molecular flexibility index (Phi) is 5.44. The van der Waals surface area contributed by atoms with E-state index in [9.17, 15) is 4.79 Å². The van der Waals surface area contributed by atoms with Crippen molar-refractivity contribution in [3.05, 3.63) is 42.1 Å². The van der Waals surface area contributed by atoms with Gasteiger partial charge in [0.15, 0.2) is 5.69 Å². The van der Waals surface area contributed by atoms with Gasteiger partial charge >= 0.3 is 0 Å². The maximum atomic E-state index is 12.1. The fourth-order valence-electron chi connectivity index (χ4n) is 2.01. The Bertz CT molecular complexity index is 593. The molecule has 0 saturated heterocycles. The second-order valence-electron chi connectivity index (χ2n) is 5.08. The molecule has 4 nitrogen and oxygen atoms in total. The van der Waals surface area contributed by atoms with Crippen LogP contribution in [0.5, 0.6) is 0 Å². The molecule has 21 heavy (non-hydrogen) atoms. The average Bonchev–Trinajstić information content (AvgIpc) is 2.86. The summed E-state index contributed by atoms with van der Waals surface area (Å²) >= 11 is 1.83. The number of nitrogens with one attached hydrogen (secondary N) is 1. The van der Waals surface area contributed by atoms with E-state index in [4.69, 9.17) is 0 Å². The number of carbonyl (C=O) groups is 1. The predicted octanol–water partition coefficient (Wildman–Crippen LogP) is 2.96. The van der Waals surface area contributed by atoms with Gasteiger partial charge in [-0.3, -0.25) is 9.48 Å². The lowest BCUT2D eigenvalue weighted by Crippen LogP contribution is -2.26. The van der Waals surface area contributed by atoms with Gasteiger partial charge < -0.3 is 5.32 Å². The van der Waals surface area contributed by atoms with Crippen molar-refractivity contribution in [3.8, 4) is 11.3 Å². The molecule has 112 valence electrons. The fraction of sp³-hybridized carbons (Fsp3) is 0.375. The van der Waals surface area contributed by atoms with Crippen molar-refractivity contribution in [1.29, 1.82) is 0 Å². The number of hydrogen-bond donors (Lipinski definition) is 1. The first kappa shape index (κ1) is 15.6. The summed E-state index contributed by atoms with van der Waals surface area (Å²) in [5.41, 5.74) is 2.46. The first-order valence-corrected chi connectivity index (χ1v) is 8.12. The molecule has 0 aliphatic rings. The minimum absolute atomic E-state index is 0.114. The molecule has 2 aromatic rings. The van der Waals surface area contributed by atoms with E-state index < -0.39 is 0 Å². The fourth-order valence-corrected chi connectivity index (χ4v) is 2.70. The molecule has 0 fully saturated rings. The van der Waals surface area contributed by atoms with Crippen LogP contribution in [0.4, 0.5) is 0 Å². The second-order valence-corrected chi connectivity index (χ2v) is 6.76. The standard InChI is InChI=1S/C16H21N3OS/c1-12(2)21-10-9-17-16(20)14-11-15(19(3)18-14)13-7-5-4-6-8-13/h4-8,11-12H,9-10H2,1-3H3,(H,17,20). The van der Waals surface area contributed by atoms with E-state index in [-0.39, 0.29) is 5.91 Å². The molecular weight excluding hydrogens is 282 g/mol. The van der Waals surface area contributed by atoms with Gasteiger partial charge in [0.2, 0.25) is 0 Å². The zero-order valence-corrected chi connectivity index (χ0v) is 13.5. The first-order valence-electron chi connectivity index (χ1n) is 7.07. The van der Waals surface area contributed by atoms with Crippen LogP contribution in [0.25, 0.3) is 11.3 Å². The molecule has 0 saturated carbocycles. The van der Waals surface area contributed by atoms with Gasteiger partial charge in [-0.15, -0.1) is 0 Å². The maximum Gasteiger partial charge on any atom is 0.271 e.